The van der Waals surface area contributed by atoms with Crippen LogP contribution in [0.25, 0.3) is 11.6 Å². The van der Waals surface area contributed by atoms with Gasteiger partial charge in [-0.15, -0.1) is 0 Å². The van der Waals surface area contributed by atoms with Gasteiger partial charge >= 0.3 is 0 Å². The zero-order valence-corrected chi connectivity index (χ0v) is 15.4. The van der Waals surface area contributed by atoms with Crippen LogP contribution in [0.4, 0.5) is 0 Å². The summed E-state index contributed by atoms with van der Waals surface area (Å²) in [5.74, 6) is 0.985. The van der Waals surface area contributed by atoms with Crippen molar-refractivity contribution < 1.29 is 14.2 Å². The Hall–Kier alpha value is -2.33. The van der Waals surface area contributed by atoms with Crippen molar-refractivity contribution in [1.29, 1.82) is 5.26 Å². The highest BCUT2D eigenvalue weighted by Crippen LogP contribution is 2.33. The first-order valence-corrected chi connectivity index (χ1v) is 8.57. The van der Waals surface area contributed by atoms with E-state index in [4.69, 9.17) is 37.4 Å². The molecule has 1 unspecified atom stereocenters. The summed E-state index contributed by atoms with van der Waals surface area (Å²) in [5.41, 5.74) is 1.21. The quantitative estimate of drug-likeness (QED) is 0.716. The fourth-order valence-electron chi connectivity index (χ4n) is 2.47. The van der Waals surface area contributed by atoms with Crippen molar-refractivity contribution in [2.75, 3.05) is 20.3 Å². The Morgan fingerprint density at radius 3 is 2.69 bits per heavy atom. The number of hydrogen-bond donors (Lipinski definition) is 0. The van der Waals surface area contributed by atoms with Crippen LogP contribution in [0.3, 0.4) is 0 Å². The molecule has 3 rings (SSSR count). The van der Waals surface area contributed by atoms with Crippen LogP contribution in [0, 0.1) is 11.3 Å². The molecule has 1 aliphatic rings. The molecule has 0 radical (unpaired) electrons. The number of pyridine rings is 2. The molecule has 0 aromatic carbocycles. The maximum atomic E-state index is 9.57. The molecule has 1 aliphatic heterocycles. The van der Waals surface area contributed by atoms with Gasteiger partial charge in [0.1, 0.15) is 12.2 Å². The van der Waals surface area contributed by atoms with E-state index in [2.05, 4.69) is 16.0 Å². The smallest absolute Gasteiger partial charge is 0.179 e. The second-order valence-electron chi connectivity index (χ2n) is 5.51. The topological polar surface area (TPSA) is 77.3 Å². The van der Waals surface area contributed by atoms with E-state index >= 15 is 0 Å². The third-order valence-corrected chi connectivity index (χ3v) is 4.41. The van der Waals surface area contributed by atoms with Crippen LogP contribution < -0.4 is 9.47 Å². The molecule has 8 heteroatoms. The average molecular weight is 392 g/mol. The van der Waals surface area contributed by atoms with Gasteiger partial charge in [-0.1, -0.05) is 23.2 Å². The van der Waals surface area contributed by atoms with Crippen molar-refractivity contribution in [3.8, 4) is 17.6 Å². The summed E-state index contributed by atoms with van der Waals surface area (Å²) in [6.07, 6.45) is 6.75. The second kappa shape index (κ2) is 8.37. The van der Waals surface area contributed by atoms with Crippen LogP contribution in [-0.4, -0.2) is 36.4 Å². The largest absolute Gasteiger partial charge is 0.491 e. The number of nitrogens with zero attached hydrogens (tertiary/aromatic N) is 3. The molecule has 0 spiro atoms. The Bertz CT molecular complexity index is 854. The maximum Gasteiger partial charge on any atom is 0.179 e. The van der Waals surface area contributed by atoms with Crippen molar-refractivity contribution in [2.45, 2.75) is 12.5 Å². The first-order valence-electron chi connectivity index (χ1n) is 7.82. The van der Waals surface area contributed by atoms with Crippen LogP contribution >= 0.6 is 23.2 Å². The van der Waals surface area contributed by atoms with Gasteiger partial charge in [0.05, 0.1) is 47.8 Å². The minimum atomic E-state index is -0.0576. The number of halogens is 2. The van der Waals surface area contributed by atoms with Crippen LogP contribution in [0.2, 0.25) is 10.0 Å². The van der Waals surface area contributed by atoms with Crippen LogP contribution in [0.15, 0.2) is 24.7 Å². The molecule has 3 heterocycles. The highest BCUT2D eigenvalue weighted by atomic mass is 35.5. The SMILES string of the molecule is COc1cnc(C(C#N)=Cc2c(Cl)cncc2Cl)cc1OC1CCOC1. The number of nitriles is 1. The van der Waals surface area contributed by atoms with Crippen LogP contribution in [0.1, 0.15) is 17.7 Å². The summed E-state index contributed by atoms with van der Waals surface area (Å²) < 4.78 is 16.6. The molecule has 26 heavy (non-hydrogen) atoms. The van der Waals surface area contributed by atoms with Gasteiger partial charge in [0.15, 0.2) is 11.5 Å². The summed E-state index contributed by atoms with van der Waals surface area (Å²) in [6.45, 7) is 1.18. The van der Waals surface area contributed by atoms with Gasteiger partial charge in [-0.3, -0.25) is 9.97 Å². The average Bonchev–Trinajstić information content (AvgIpc) is 3.15. The maximum absolute atomic E-state index is 9.57. The summed E-state index contributed by atoms with van der Waals surface area (Å²) >= 11 is 12.3. The van der Waals surface area contributed by atoms with E-state index in [0.717, 1.165) is 6.42 Å². The molecule has 6 nitrogen and oxygen atoms in total. The zero-order chi connectivity index (χ0) is 18.5. The van der Waals surface area contributed by atoms with E-state index in [9.17, 15) is 5.26 Å². The van der Waals surface area contributed by atoms with E-state index in [1.807, 2.05) is 0 Å². The first-order chi connectivity index (χ1) is 12.6. The lowest BCUT2D eigenvalue weighted by atomic mass is 10.1. The highest BCUT2D eigenvalue weighted by molar-refractivity contribution is 6.37. The van der Waals surface area contributed by atoms with Gasteiger partial charge in [0.2, 0.25) is 0 Å². The highest BCUT2D eigenvalue weighted by Gasteiger charge is 2.20. The number of methoxy groups -OCH3 is 1. The van der Waals surface area contributed by atoms with E-state index in [-0.39, 0.29) is 11.7 Å². The normalized spacial score (nSPS) is 17.0. The van der Waals surface area contributed by atoms with Gasteiger partial charge in [-0.25, -0.2) is 0 Å². The molecule has 0 aliphatic carbocycles. The molecule has 0 N–H and O–H groups in total. The summed E-state index contributed by atoms with van der Waals surface area (Å²) in [4.78, 5) is 8.19. The Balaban J connectivity index is 1.98. The van der Waals surface area contributed by atoms with Gasteiger partial charge in [0, 0.05) is 30.4 Å². The predicted molar refractivity (Wildman–Crippen MR) is 98.4 cm³/mol. The Kier molecular flexibility index (Phi) is 5.94. The van der Waals surface area contributed by atoms with Crippen molar-refractivity contribution in [3.63, 3.8) is 0 Å². The van der Waals surface area contributed by atoms with E-state index in [1.165, 1.54) is 25.7 Å². The third-order valence-electron chi connectivity index (χ3n) is 3.81. The van der Waals surface area contributed by atoms with Crippen molar-refractivity contribution in [2.24, 2.45) is 0 Å². The van der Waals surface area contributed by atoms with E-state index < -0.39 is 0 Å². The fraction of sp³-hybridized carbons (Fsp3) is 0.278. The fourth-order valence-corrected chi connectivity index (χ4v) is 2.94. The monoisotopic (exact) mass is 391 g/mol. The van der Waals surface area contributed by atoms with Crippen molar-refractivity contribution >= 4 is 34.9 Å². The standard InChI is InChI=1S/C18H15Cl2N3O3/c1-24-18-9-23-16(5-17(18)26-12-2-3-25-10-12)11(6-21)4-13-14(19)7-22-8-15(13)20/h4-5,7-9,12H,2-3,10H2,1H3. The van der Waals surface area contributed by atoms with Crippen molar-refractivity contribution in [1.82, 2.24) is 9.97 Å². The van der Waals surface area contributed by atoms with Crippen LogP contribution in [-0.2, 0) is 4.74 Å². The number of hydrogen-bond acceptors (Lipinski definition) is 6. The first kappa shape index (κ1) is 18.5. The van der Waals surface area contributed by atoms with E-state index in [1.54, 1.807) is 12.1 Å². The van der Waals surface area contributed by atoms with Gasteiger partial charge in [-0.05, 0) is 6.08 Å². The Morgan fingerprint density at radius 1 is 1.31 bits per heavy atom. The molecular weight excluding hydrogens is 377 g/mol. The summed E-state index contributed by atoms with van der Waals surface area (Å²) in [6, 6.07) is 3.78. The number of ether oxygens (including phenoxy) is 3. The third kappa shape index (κ3) is 4.07. The molecular formula is C18H15Cl2N3O3. The van der Waals surface area contributed by atoms with Gasteiger partial charge in [0.25, 0.3) is 0 Å². The Labute approximate surface area is 160 Å². The zero-order valence-electron chi connectivity index (χ0n) is 13.9. The molecule has 2 aromatic heterocycles. The molecule has 0 bridgehead atoms. The summed E-state index contributed by atoms with van der Waals surface area (Å²) in [7, 11) is 1.53. The van der Waals surface area contributed by atoms with Gasteiger partial charge < -0.3 is 14.2 Å². The number of aromatic nitrogens is 2. The molecule has 0 saturated carbocycles. The second-order valence-corrected chi connectivity index (χ2v) is 6.32. The minimum absolute atomic E-state index is 0.0576. The lowest BCUT2D eigenvalue weighted by molar-refractivity contribution is 0.138. The summed E-state index contributed by atoms with van der Waals surface area (Å²) in [5, 5.41) is 10.3. The molecule has 0 amide bonds. The van der Waals surface area contributed by atoms with Crippen molar-refractivity contribution in [3.05, 3.63) is 46.0 Å². The molecule has 134 valence electrons. The lowest BCUT2D eigenvalue weighted by Crippen LogP contribution is -2.16. The molecule has 1 atom stereocenters. The van der Waals surface area contributed by atoms with Crippen LogP contribution in [0.5, 0.6) is 11.5 Å². The van der Waals surface area contributed by atoms with Gasteiger partial charge in [-0.2, -0.15) is 5.26 Å². The predicted octanol–water partition coefficient (Wildman–Crippen LogP) is 4.02. The molecule has 1 saturated heterocycles. The minimum Gasteiger partial charge on any atom is -0.491 e. The Morgan fingerprint density at radius 2 is 2.08 bits per heavy atom. The molecule has 1 fully saturated rings. The molecule has 2 aromatic rings. The number of allylic oxidation sites excluding steroid dienone is 1. The lowest BCUT2D eigenvalue weighted by Gasteiger charge is -2.15. The number of rotatable bonds is 5. The van der Waals surface area contributed by atoms with E-state index in [0.29, 0.717) is 46.0 Å².